The normalized spacial score (nSPS) is 27.8. The van der Waals surface area contributed by atoms with Crippen molar-refractivity contribution in [3.8, 4) is 5.75 Å². The van der Waals surface area contributed by atoms with Crippen LogP contribution >= 0.6 is 0 Å². The first-order chi connectivity index (χ1) is 6.85. The number of nitrogens with two attached hydrogens (primary N) is 1. The molecule has 0 spiro atoms. The first-order valence-electron chi connectivity index (χ1n) is 5.41. The zero-order valence-corrected chi connectivity index (χ0v) is 9.83. The van der Waals surface area contributed by atoms with Crippen molar-refractivity contribution in [1.29, 1.82) is 0 Å². The van der Waals surface area contributed by atoms with Gasteiger partial charge in [-0.05, 0) is 42.0 Å². The van der Waals surface area contributed by atoms with E-state index in [2.05, 4.69) is 26.8 Å². The Morgan fingerprint density at radius 3 is 2.13 bits per heavy atom. The van der Waals surface area contributed by atoms with E-state index in [4.69, 9.17) is 5.73 Å². The number of hydrogen-bond acceptors (Lipinski definition) is 2. The number of aryl methyl sites for hydroxylation is 2. The van der Waals surface area contributed by atoms with Gasteiger partial charge in [0.25, 0.3) is 0 Å². The molecule has 0 unspecified atom stereocenters. The number of phenols is 1. The summed E-state index contributed by atoms with van der Waals surface area (Å²) in [5.74, 6) is 0.695. The van der Waals surface area contributed by atoms with Crippen molar-refractivity contribution in [3.05, 3.63) is 28.8 Å². The summed E-state index contributed by atoms with van der Waals surface area (Å²) in [5.41, 5.74) is 9.50. The molecule has 0 aromatic heterocycles. The van der Waals surface area contributed by atoms with Gasteiger partial charge in [0.2, 0.25) is 0 Å². The highest BCUT2D eigenvalue weighted by molar-refractivity contribution is 5.48. The van der Waals surface area contributed by atoms with Crippen molar-refractivity contribution in [3.63, 3.8) is 0 Å². The van der Waals surface area contributed by atoms with Gasteiger partial charge in [-0.1, -0.05) is 19.9 Å². The second-order valence-electron chi connectivity index (χ2n) is 5.32. The van der Waals surface area contributed by atoms with Gasteiger partial charge in [0.15, 0.2) is 0 Å². The number of hydrogen-bond donors (Lipinski definition) is 2. The van der Waals surface area contributed by atoms with E-state index in [-0.39, 0.29) is 11.5 Å². The van der Waals surface area contributed by atoms with Crippen molar-refractivity contribution in [2.45, 2.75) is 39.7 Å². The number of phenolic OH excluding ortho intramolecular Hbond substituents is 1. The maximum Gasteiger partial charge on any atom is 0.119 e. The number of benzene rings is 1. The Kier molecular flexibility index (Phi) is 2.09. The van der Waals surface area contributed by atoms with E-state index in [1.165, 1.54) is 5.56 Å². The highest BCUT2D eigenvalue weighted by Crippen LogP contribution is 2.59. The molecular weight excluding hydrogens is 186 g/mol. The van der Waals surface area contributed by atoms with E-state index >= 15 is 0 Å². The first-order valence-corrected chi connectivity index (χ1v) is 5.41. The van der Waals surface area contributed by atoms with Gasteiger partial charge in [-0.15, -0.1) is 0 Å². The summed E-state index contributed by atoms with van der Waals surface area (Å²) in [6.45, 7) is 8.38. The van der Waals surface area contributed by atoms with Crippen LogP contribution in [-0.2, 0) is 0 Å². The zero-order valence-electron chi connectivity index (χ0n) is 9.83. The van der Waals surface area contributed by atoms with E-state index in [9.17, 15) is 5.11 Å². The third-order valence-corrected chi connectivity index (χ3v) is 3.89. The van der Waals surface area contributed by atoms with Gasteiger partial charge in [-0.3, -0.25) is 0 Å². The molecule has 2 nitrogen and oxygen atoms in total. The summed E-state index contributed by atoms with van der Waals surface area (Å²) in [7, 11) is 0. The molecule has 0 saturated heterocycles. The molecular formula is C13H19NO. The largest absolute Gasteiger partial charge is 0.508 e. The highest BCUT2D eigenvalue weighted by Gasteiger charge is 2.57. The second-order valence-corrected chi connectivity index (χ2v) is 5.32. The van der Waals surface area contributed by atoms with Crippen LogP contribution in [0.4, 0.5) is 0 Å². The average Bonchev–Trinajstić information content (AvgIpc) is 2.60. The summed E-state index contributed by atoms with van der Waals surface area (Å²) in [6.07, 6.45) is 0. The molecule has 1 aliphatic rings. The van der Waals surface area contributed by atoms with Gasteiger partial charge >= 0.3 is 0 Å². The quantitative estimate of drug-likeness (QED) is 0.739. The van der Waals surface area contributed by atoms with Crippen LogP contribution in [0.15, 0.2) is 12.1 Å². The SMILES string of the molecule is Cc1cc(O)c([C@H]2[C@H](N)C2(C)C)cc1C. The third-order valence-electron chi connectivity index (χ3n) is 3.89. The molecule has 0 bridgehead atoms. The Bertz CT molecular complexity index is 409. The van der Waals surface area contributed by atoms with E-state index < -0.39 is 0 Å². The summed E-state index contributed by atoms with van der Waals surface area (Å²) in [6, 6.07) is 4.08. The topological polar surface area (TPSA) is 46.2 Å². The van der Waals surface area contributed by atoms with Crippen LogP contribution in [0.5, 0.6) is 5.75 Å². The van der Waals surface area contributed by atoms with Crippen molar-refractivity contribution in [2.24, 2.45) is 11.1 Å². The fraction of sp³-hybridized carbons (Fsp3) is 0.538. The summed E-state index contributed by atoms with van der Waals surface area (Å²) < 4.78 is 0. The predicted octanol–water partition coefficient (Wildman–Crippen LogP) is 2.46. The second kappa shape index (κ2) is 2.99. The van der Waals surface area contributed by atoms with E-state index in [1.54, 1.807) is 0 Å². The lowest BCUT2D eigenvalue weighted by molar-refractivity contribution is 0.463. The molecule has 0 heterocycles. The van der Waals surface area contributed by atoms with Crippen LogP contribution in [0.3, 0.4) is 0 Å². The highest BCUT2D eigenvalue weighted by atomic mass is 16.3. The van der Waals surface area contributed by atoms with Gasteiger partial charge < -0.3 is 10.8 Å². The maximum absolute atomic E-state index is 9.92. The minimum absolute atomic E-state index is 0.124. The summed E-state index contributed by atoms with van der Waals surface area (Å²) >= 11 is 0. The molecule has 2 atom stereocenters. The van der Waals surface area contributed by atoms with Gasteiger partial charge in [0.1, 0.15) is 5.75 Å². The molecule has 1 aromatic carbocycles. The minimum Gasteiger partial charge on any atom is -0.508 e. The minimum atomic E-state index is 0.124. The predicted molar refractivity (Wildman–Crippen MR) is 62.1 cm³/mol. The van der Waals surface area contributed by atoms with Crippen LogP contribution in [-0.4, -0.2) is 11.1 Å². The van der Waals surface area contributed by atoms with Crippen LogP contribution in [0, 0.1) is 19.3 Å². The molecule has 1 saturated carbocycles. The van der Waals surface area contributed by atoms with E-state index in [0.29, 0.717) is 11.7 Å². The maximum atomic E-state index is 9.92. The summed E-state index contributed by atoms with van der Waals surface area (Å²) in [5, 5.41) is 9.92. The van der Waals surface area contributed by atoms with Gasteiger partial charge in [0, 0.05) is 12.0 Å². The molecule has 2 heteroatoms. The van der Waals surface area contributed by atoms with E-state index in [1.807, 2.05) is 13.0 Å². The lowest BCUT2D eigenvalue weighted by Gasteiger charge is -2.09. The molecule has 1 aliphatic carbocycles. The molecule has 15 heavy (non-hydrogen) atoms. The monoisotopic (exact) mass is 205 g/mol. The Morgan fingerprint density at radius 2 is 1.67 bits per heavy atom. The molecule has 0 aliphatic heterocycles. The molecule has 82 valence electrons. The molecule has 0 radical (unpaired) electrons. The zero-order chi connectivity index (χ0) is 11.4. The summed E-state index contributed by atoms with van der Waals surface area (Å²) in [4.78, 5) is 0. The molecule has 2 rings (SSSR count). The Balaban J connectivity index is 2.43. The van der Waals surface area contributed by atoms with E-state index in [0.717, 1.165) is 11.1 Å². The molecule has 0 amide bonds. The van der Waals surface area contributed by atoms with Crippen molar-refractivity contribution in [2.75, 3.05) is 0 Å². The molecule has 1 fully saturated rings. The van der Waals surface area contributed by atoms with Crippen LogP contribution in [0.1, 0.15) is 36.5 Å². The fourth-order valence-electron chi connectivity index (χ4n) is 2.34. The van der Waals surface area contributed by atoms with Crippen LogP contribution in [0.2, 0.25) is 0 Å². The Labute approximate surface area is 91.1 Å². The third kappa shape index (κ3) is 1.44. The average molecular weight is 205 g/mol. The van der Waals surface area contributed by atoms with Crippen LogP contribution < -0.4 is 5.73 Å². The van der Waals surface area contributed by atoms with Crippen molar-refractivity contribution >= 4 is 0 Å². The molecule has 1 aromatic rings. The smallest absolute Gasteiger partial charge is 0.119 e. The van der Waals surface area contributed by atoms with Gasteiger partial charge in [0.05, 0.1) is 0 Å². The Morgan fingerprint density at radius 1 is 1.20 bits per heavy atom. The number of rotatable bonds is 1. The van der Waals surface area contributed by atoms with Crippen LogP contribution in [0.25, 0.3) is 0 Å². The van der Waals surface area contributed by atoms with Crippen molar-refractivity contribution in [1.82, 2.24) is 0 Å². The number of aromatic hydroxyl groups is 1. The lowest BCUT2D eigenvalue weighted by Crippen LogP contribution is -2.06. The first kappa shape index (κ1) is 10.5. The van der Waals surface area contributed by atoms with Gasteiger partial charge in [-0.25, -0.2) is 0 Å². The van der Waals surface area contributed by atoms with Gasteiger partial charge in [-0.2, -0.15) is 0 Å². The Hall–Kier alpha value is -1.02. The lowest BCUT2D eigenvalue weighted by atomic mass is 9.98. The fourth-order valence-corrected chi connectivity index (χ4v) is 2.34. The standard InChI is InChI=1S/C13H19NO/c1-7-5-9(10(15)6-8(7)2)11-12(14)13(11,3)4/h5-6,11-12,15H,14H2,1-4H3/t11-,12-/m0/s1. The van der Waals surface area contributed by atoms with Crippen molar-refractivity contribution < 1.29 is 5.11 Å². The molecule has 3 N–H and O–H groups in total.